The summed E-state index contributed by atoms with van der Waals surface area (Å²) in [7, 11) is 4.24. The third-order valence-corrected chi connectivity index (χ3v) is 9.39. The summed E-state index contributed by atoms with van der Waals surface area (Å²) in [4.78, 5) is 41.9. The SMILES string of the molecule is CN1CCN(Cc2cc3c(N4CCOCC4)nc(-c4ccc(NC(=O)Nc5ccc(C(=O)N6CCN(C)CC6)cc5)cc4)nn3c2)CC1.O=S=O. The molecule has 0 bridgehead atoms. The molecule has 3 fully saturated rings. The van der Waals surface area contributed by atoms with Crippen LogP contribution >= 0.6 is 0 Å². The Hall–Kier alpha value is -4.74. The van der Waals surface area contributed by atoms with Crippen LogP contribution in [0.5, 0.6) is 0 Å². The zero-order valence-corrected chi connectivity index (χ0v) is 29.8. The monoisotopic (exact) mass is 716 g/mol. The van der Waals surface area contributed by atoms with E-state index in [0.717, 1.165) is 88.9 Å². The minimum Gasteiger partial charge on any atom is -0.378 e. The predicted molar refractivity (Wildman–Crippen MR) is 196 cm³/mol. The minimum atomic E-state index is -0.750. The van der Waals surface area contributed by atoms with Gasteiger partial charge in [-0.25, -0.2) is 14.3 Å². The molecule has 0 spiro atoms. The van der Waals surface area contributed by atoms with Crippen LogP contribution in [-0.2, 0) is 22.9 Å². The van der Waals surface area contributed by atoms with Crippen molar-refractivity contribution in [3.63, 3.8) is 0 Å². The summed E-state index contributed by atoms with van der Waals surface area (Å²) in [6.07, 6.45) is 2.12. The molecule has 0 aliphatic carbocycles. The van der Waals surface area contributed by atoms with Crippen LogP contribution < -0.4 is 15.5 Å². The Balaban J connectivity index is 0.00000144. The molecule has 16 heteroatoms. The van der Waals surface area contributed by atoms with Crippen molar-refractivity contribution >= 4 is 46.2 Å². The lowest BCUT2D eigenvalue weighted by Crippen LogP contribution is -2.47. The number of anilines is 3. The summed E-state index contributed by atoms with van der Waals surface area (Å²) in [5.41, 5.74) is 4.94. The minimum absolute atomic E-state index is 0.0160. The molecular weight excluding hydrogens is 673 g/mol. The third-order valence-electron chi connectivity index (χ3n) is 9.39. The van der Waals surface area contributed by atoms with Gasteiger partial charge in [-0.2, -0.15) is 8.42 Å². The predicted octanol–water partition coefficient (Wildman–Crippen LogP) is 2.34. The fourth-order valence-corrected chi connectivity index (χ4v) is 6.40. The lowest BCUT2D eigenvalue weighted by Gasteiger charge is -2.32. The molecular formula is C35H44N10O5S. The van der Waals surface area contributed by atoms with E-state index in [1.54, 1.807) is 24.3 Å². The maximum atomic E-state index is 12.8. The van der Waals surface area contributed by atoms with Gasteiger partial charge in [0.1, 0.15) is 5.52 Å². The average Bonchev–Trinajstić information content (AvgIpc) is 3.56. The summed E-state index contributed by atoms with van der Waals surface area (Å²) in [5, 5.41) is 10.7. The van der Waals surface area contributed by atoms with Crippen molar-refractivity contribution in [3.05, 3.63) is 71.9 Å². The lowest BCUT2D eigenvalue weighted by atomic mass is 10.1. The molecule has 5 heterocycles. The molecule has 2 aromatic carbocycles. The van der Waals surface area contributed by atoms with E-state index in [4.69, 9.17) is 23.2 Å². The van der Waals surface area contributed by atoms with Gasteiger partial charge in [-0.1, -0.05) is 0 Å². The second-order valence-corrected chi connectivity index (χ2v) is 13.1. The highest BCUT2D eigenvalue weighted by Gasteiger charge is 2.22. The van der Waals surface area contributed by atoms with Crippen LogP contribution in [0.2, 0.25) is 0 Å². The molecule has 0 radical (unpaired) electrons. The van der Waals surface area contributed by atoms with Gasteiger partial charge in [-0.3, -0.25) is 9.69 Å². The van der Waals surface area contributed by atoms with E-state index in [1.165, 1.54) is 5.56 Å². The van der Waals surface area contributed by atoms with Crippen LogP contribution in [-0.4, -0.2) is 147 Å². The Morgan fingerprint density at radius 1 is 0.784 bits per heavy atom. The maximum absolute atomic E-state index is 12.8. The van der Waals surface area contributed by atoms with Crippen LogP contribution in [0.1, 0.15) is 15.9 Å². The fraction of sp³-hybridized carbons (Fsp3) is 0.429. The molecule has 0 atom stereocenters. The molecule has 0 saturated carbocycles. The molecule has 3 aliphatic heterocycles. The van der Waals surface area contributed by atoms with Crippen LogP contribution in [0.3, 0.4) is 0 Å². The summed E-state index contributed by atoms with van der Waals surface area (Å²) in [6.45, 7) is 11.2. The third kappa shape index (κ3) is 9.33. The number of urea groups is 1. The van der Waals surface area contributed by atoms with E-state index in [9.17, 15) is 9.59 Å². The second kappa shape index (κ2) is 17.0. The lowest BCUT2D eigenvalue weighted by molar-refractivity contribution is 0.0664. The van der Waals surface area contributed by atoms with Crippen molar-refractivity contribution in [3.8, 4) is 11.4 Å². The topological polar surface area (TPSA) is 148 Å². The Kier molecular flexibility index (Phi) is 12.0. The number of ether oxygens (including phenoxy) is 1. The first-order valence-corrected chi connectivity index (χ1v) is 17.8. The molecule has 7 rings (SSSR count). The average molecular weight is 717 g/mol. The second-order valence-electron chi connectivity index (χ2n) is 13.0. The molecule has 3 amide bonds. The number of amides is 3. The highest BCUT2D eigenvalue weighted by atomic mass is 32.1. The number of carbonyl (C=O) groups excluding carboxylic acids is 2. The molecule has 3 saturated heterocycles. The number of nitrogens with zero attached hydrogens (tertiary/aromatic N) is 8. The van der Waals surface area contributed by atoms with Gasteiger partial charge in [0.15, 0.2) is 11.6 Å². The maximum Gasteiger partial charge on any atom is 0.335 e. The van der Waals surface area contributed by atoms with Gasteiger partial charge in [-0.05, 0) is 74.3 Å². The molecule has 51 heavy (non-hydrogen) atoms. The van der Waals surface area contributed by atoms with Crippen LogP contribution in [0, 0.1) is 0 Å². The Bertz CT molecular complexity index is 1830. The van der Waals surface area contributed by atoms with E-state index >= 15 is 0 Å². The van der Waals surface area contributed by atoms with Gasteiger partial charge in [0.05, 0.1) is 13.2 Å². The highest BCUT2D eigenvalue weighted by Crippen LogP contribution is 2.27. The summed E-state index contributed by atoms with van der Waals surface area (Å²) >= 11 is -0.750. The quantitative estimate of drug-likeness (QED) is 0.291. The van der Waals surface area contributed by atoms with E-state index in [0.29, 0.717) is 36.0 Å². The fourth-order valence-electron chi connectivity index (χ4n) is 6.40. The molecule has 3 aliphatic rings. The number of rotatable bonds is 7. The van der Waals surface area contributed by atoms with Crippen LogP contribution in [0.4, 0.5) is 22.0 Å². The van der Waals surface area contributed by atoms with E-state index in [-0.39, 0.29) is 11.9 Å². The van der Waals surface area contributed by atoms with Crippen LogP contribution in [0.15, 0.2) is 60.8 Å². The van der Waals surface area contributed by atoms with Gasteiger partial charge in [0.2, 0.25) is 0 Å². The van der Waals surface area contributed by atoms with Crippen molar-refractivity contribution in [2.24, 2.45) is 0 Å². The van der Waals surface area contributed by atoms with Crippen LogP contribution in [0.25, 0.3) is 16.9 Å². The summed E-state index contributed by atoms with van der Waals surface area (Å²) in [5.74, 6) is 1.54. The normalized spacial score (nSPS) is 17.5. The van der Waals surface area contributed by atoms with Crippen molar-refractivity contribution in [2.75, 3.05) is 108 Å². The van der Waals surface area contributed by atoms with Crippen molar-refractivity contribution in [1.82, 2.24) is 34.2 Å². The number of likely N-dealkylation sites (N-methyl/N-ethyl adjacent to an activating group) is 2. The molecule has 270 valence electrons. The molecule has 4 aromatic rings. The first-order chi connectivity index (χ1) is 24.8. The number of benzene rings is 2. The Morgan fingerprint density at radius 3 is 1.96 bits per heavy atom. The van der Waals surface area contributed by atoms with E-state index in [2.05, 4.69) is 56.6 Å². The smallest absolute Gasteiger partial charge is 0.335 e. The molecule has 0 unspecified atom stereocenters. The first-order valence-electron chi connectivity index (χ1n) is 17.1. The zero-order chi connectivity index (χ0) is 35.7. The van der Waals surface area contributed by atoms with Gasteiger partial charge in [-0.15, -0.1) is 5.10 Å². The number of hydrogen-bond donors (Lipinski definition) is 2. The number of nitrogens with one attached hydrogen (secondary N) is 2. The molecule has 15 nitrogen and oxygen atoms in total. The standard InChI is InChI=1S/C35H44N10O3.O2S/c1-40-11-15-42(16-12-40)24-26-23-31-33(43-19-21-48-22-20-43)38-32(39-45(31)25-26)27-3-7-29(8-4-27)36-35(47)37-30-9-5-28(6-10-30)34(46)44-17-13-41(2)14-18-44;1-3-2/h3-10,23,25H,11-22,24H2,1-2H3,(H2,36,37,47);. The van der Waals surface area contributed by atoms with Crippen molar-refractivity contribution in [2.45, 2.75) is 6.54 Å². The molecule has 2 aromatic heterocycles. The zero-order valence-electron chi connectivity index (χ0n) is 29.0. The van der Waals surface area contributed by atoms with Gasteiger partial charge < -0.3 is 35.0 Å². The number of piperazine rings is 2. The summed E-state index contributed by atoms with van der Waals surface area (Å²) < 4.78 is 24.2. The van der Waals surface area contributed by atoms with Crippen molar-refractivity contribution in [1.29, 1.82) is 0 Å². The Labute approximate surface area is 300 Å². The number of fused-ring (bicyclic) bond motifs is 1. The number of aromatic nitrogens is 3. The number of morpholine rings is 1. The van der Waals surface area contributed by atoms with E-state index < -0.39 is 11.6 Å². The molecule has 2 N–H and O–H groups in total. The van der Waals surface area contributed by atoms with E-state index in [1.807, 2.05) is 33.7 Å². The largest absolute Gasteiger partial charge is 0.378 e. The highest BCUT2D eigenvalue weighted by molar-refractivity contribution is 7.51. The van der Waals surface area contributed by atoms with Gasteiger partial charge in [0, 0.05) is 101 Å². The van der Waals surface area contributed by atoms with Gasteiger partial charge in [0.25, 0.3) is 5.91 Å². The number of hydrogen-bond acceptors (Lipinski definition) is 11. The van der Waals surface area contributed by atoms with Crippen molar-refractivity contribution < 1.29 is 22.7 Å². The Morgan fingerprint density at radius 2 is 1.35 bits per heavy atom. The first kappa shape index (κ1) is 36.1. The number of carbonyl (C=O) groups is 2. The summed E-state index contributed by atoms with van der Waals surface area (Å²) in [6, 6.07) is 16.4. The van der Waals surface area contributed by atoms with Gasteiger partial charge >= 0.3 is 17.6 Å².